The lowest BCUT2D eigenvalue weighted by Crippen LogP contribution is -2.14. The van der Waals surface area contributed by atoms with E-state index in [1.165, 1.54) is 6.20 Å². The molecule has 0 aromatic carbocycles. The number of hydrogen-bond acceptors (Lipinski definition) is 4. The van der Waals surface area contributed by atoms with E-state index in [-0.39, 0.29) is 18.7 Å². The molecule has 2 N–H and O–H groups in total. The Labute approximate surface area is 99.3 Å². The monoisotopic (exact) mass is 237 g/mol. The van der Waals surface area contributed by atoms with Crippen LogP contribution in [0.3, 0.4) is 0 Å². The highest BCUT2D eigenvalue weighted by Gasteiger charge is 2.06. The molecule has 0 saturated carbocycles. The Balaban J connectivity index is 2.51. The van der Waals surface area contributed by atoms with Gasteiger partial charge in [0.25, 0.3) is 0 Å². The van der Waals surface area contributed by atoms with Crippen molar-refractivity contribution in [1.82, 2.24) is 4.98 Å². The number of carboxylic acids is 1. The molecule has 0 spiro atoms. The van der Waals surface area contributed by atoms with E-state index in [2.05, 4.69) is 10.3 Å². The van der Waals surface area contributed by atoms with Crippen molar-refractivity contribution >= 4 is 23.4 Å². The number of carboxylic acid groups (broad SMARTS) is 1. The summed E-state index contributed by atoms with van der Waals surface area (Å²) in [6, 6.07) is 3.49. The second-order valence-corrected chi connectivity index (χ2v) is 3.74. The number of carbonyl (C=O) groups excluding carboxylic acids is 1. The SMILES string of the molecule is CN(C)c1ccc(NC(=O)CCC(=O)O)cn1. The molecule has 0 fully saturated rings. The second-order valence-electron chi connectivity index (χ2n) is 3.74. The minimum absolute atomic E-state index is 0.0369. The van der Waals surface area contributed by atoms with Gasteiger partial charge in [-0.15, -0.1) is 0 Å². The molecule has 0 bridgehead atoms. The third-order valence-corrected chi connectivity index (χ3v) is 2.06. The fourth-order valence-corrected chi connectivity index (χ4v) is 1.17. The summed E-state index contributed by atoms with van der Waals surface area (Å²) in [4.78, 5) is 27.6. The maximum atomic E-state index is 11.3. The van der Waals surface area contributed by atoms with Gasteiger partial charge in [-0.05, 0) is 12.1 Å². The van der Waals surface area contributed by atoms with Gasteiger partial charge in [-0.1, -0.05) is 0 Å². The molecule has 0 atom stereocenters. The molecule has 1 aromatic heterocycles. The Bertz CT molecular complexity index is 401. The number of aromatic nitrogens is 1. The highest BCUT2D eigenvalue weighted by Crippen LogP contribution is 2.11. The third-order valence-electron chi connectivity index (χ3n) is 2.06. The van der Waals surface area contributed by atoms with E-state index < -0.39 is 5.97 Å². The summed E-state index contributed by atoms with van der Waals surface area (Å²) in [5.74, 6) is -0.526. The molecule has 0 aliphatic rings. The van der Waals surface area contributed by atoms with Crippen molar-refractivity contribution in [2.75, 3.05) is 24.3 Å². The number of nitrogens with zero attached hydrogens (tertiary/aromatic N) is 2. The summed E-state index contributed by atoms with van der Waals surface area (Å²) in [7, 11) is 3.74. The van der Waals surface area contributed by atoms with Crippen LogP contribution in [0, 0.1) is 0 Å². The number of rotatable bonds is 5. The molecule has 1 heterocycles. The highest BCUT2D eigenvalue weighted by molar-refractivity contribution is 5.92. The van der Waals surface area contributed by atoms with E-state index >= 15 is 0 Å². The maximum Gasteiger partial charge on any atom is 0.303 e. The van der Waals surface area contributed by atoms with Crippen LogP contribution >= 0.6 is 0 Å². The van der Waals surface area contributed by atoms with Crippen LogP contribution in [0.5, 0.6) is 0 Å². The number of pyridine rings is 1. The molecule has 0 saturated heterocycles. The molecule has 92 valence electrons. The van der Waals surface area contributed by atoms with E-state index in [0.29, 0.717) is 5.69 Å². The van der Waals surface area contributed by atoms with Crippen molar-refractivity contribution < 1.29 is 14.7 Å². The van der Waals surface area contributed by atoms with Crippen molar-refractivity contribution in [3.8, 4) is 0 Å². The van der Waals surface area contributed by atoms with Crippen LogP contribution < -0.4 is 10.2 Å². The third kappa shape index (κ3) is 4.50. The first-order valence-electron chi connectivity index (χ1n) is 5.14. The summed E-state index contributed by atoms with van der Waals surface area (Å²) in [5, 5.41) is 11.0. The molecule has 0 radical (unpaired) electrons. The smallest absolute Gasteiger partial charge is 0.303 e. The van der Waals surface area contributed by atoms with Gasteiger partial charge in [-0.25, -0.2) is 4.98 Å². The summed E-state index contributed by atoms with van der Waals surface area (Å²) < 4.78 is 0. The van der Waals surface area contributed by atoms with Gasteiger partial charge in [-0.2, -0.15) is 0 Å². The Morgan fingerprint density at radius 1 is 1.35 bits per heavy atom. The molecule has 0 unspecified atom stereocenters. The van der Waals surface area contributed by atoms with E-state index in [1.807, 2.05) is 19.0 Å². The molecular formula is C11H15N3O3. The molecule has 0 aliphatic carbocycles. The second kappa shape index (κ2) is 5.83. The van der Waals surface area contributed by atoms with Crippen molar-refractivity contribution in [3.63, 3.8) is 0 Å². The highest BCUT2D eigenvalue weighted by atomic mass is 16.4. The van der Waals surface area contributed by atoms with Crippen molar-refractivity contribution in [1.29, 1.82) is 0 Å². The fraction of sp³-hybridized carbons (Fsp3) is 0.364. The summed E-state index contributed by atoms with van der Waals surface area (Å²) in [6.07, 6.45) is 1.33. The number of anilines is 2. The fourth-order valence-electron chi connectivity index (χ4n) is 1.17. The quantitative estimate of drug-likeness (QED) is 0.796. The van der Waals surface area contributed by atoms with Crippen LogP contribution in [0.2, 0.25) is 0 Å². The molecule has 17 heavy (non-hydrogen) atoms. The molecule has 0 aliphatic heterocycles. The lowest BCUT2D eigenvalue weighted by molar-refractivity contribution is -0.138. The van der Waals surface area contributed by atoms with E-state index in [0.717, 1.165) is 5.82 Å². The van der Waals surface area contributed by atoms with Crippen LogP contribution in [0.25, 0.3) is 0 Å². The minimum atomic E-state index is -0.985. The average molecular weight is 237 g/mol. The van der Waals surface area contributed by atoms with E-state index in [4.69, 9.17) is 5.11 Å². The topological polar surface area (TPSA) is 82.5 Å². The molecular weight excluding hydrogens is 222 g/mol. The Kier molecular flexibility index (Phi) is 4.45. The van der Waals surface area contributed by atoms with Crippen LogP contribution in [0.1, 0.15) is 12.8 Å². The van der Waals surface area contributed by atoms with E-state index in [1.54, 1.807) is 12.1 Å². The number of amides is 1. The molecule has 6 heteroatoms. The van der Waals surface area contributed by atoms with Crippen LogP contribution in [0.4, 0.5) is 11.5 Å². The zero-order valence-electron chi connectivity index (χ0n) is 9.80. The summed E-state index contributed by atoms with van der Waals surface area (Å²) >= 11 is 0. The van der Waals surface area contributed by atoms with Crippen molar-refractivity contribution in [2.24, 2.45) is 0 Å². The Morgan fingerprint density at radius 3 is 2.53 bits per heavy atom. The van der Waals surface area contributed by atoms with Gasteiger partial charge in [-0.3, -0.25) is 9.59 Å². The molecule has 1 aromatic rings. The minimum Gasteiger partial charge on any atom is -0.481 e. The Morgan fingerprint density at radius 2 is 2.06 bits per heavy atom. The van der Waals surface area contributed by atoms with Gasteiger partial charge < -0.3 is 15.3 Å². The van der Waals surface area contributed by atoms with E-state index in [9.17, 15) is 9.59 Å². The summed E-state index contributed by atoms with van der Waals surface area (Å²) in [5.41, 5.74) is 0.561. The van der Waals surface area contributed by atoms with Crippen LogP contribution in [0.15, 0.2) is 18.3 Å². The lowest BCUT2D eigenvalue weighted by atomic mass is 10.3. The first-order valence-corrected chi connectivity index (χ1v) is 5.14. The molecule has 1 rings (SSSR count). The maximum absolute atomic E-state index is 11.3. The van der Waals surface area contributed by atoms with Crippen LogP contribution in [-0.4, -0.2) is 36.1 Å². The van der Waals surface area contributed by atoms with Crippen molar-refractivity contribution in [2.45, 2.75) is 12.8 Å². The predicted octanol–water partition coefficient (Wildman–Crippen LogP) is 0.951. The zero-order chi connectivity index (χ0) is 12.8. The first-order chi connectivity index (χ1) is 7.99. The van der Waals surface area contributed by atoms with Gasteiger partial charge >= 0.3 is 5.97 Å². The zero-order valence-corrected chi connectivity index (χ0v) is 9.80. The van der Waals surface area contributed by atoms with Gasteiger partial charge in [0.05, 0.1) is 18.3 Å². The Hall–Kier alpha value is -2.11. The van der Waals surface area contributed by atoms with Gasteiger partial charge in [0.1, 0.15) is 5.82 Å². The van der Waals surface area contributed by atoms with Gasteiger partial charge in [0, 0.05) is 20.5 Å². The average Bonchev–Trinajstić information content (AvgIpc) is 2.27. The number of carbonyl (C=O) groups is 2. The predicted molar refractivity (Wildman–Crippen MR) is 64.1 cm³/mol. The number of aliphatic carboxylic acids is 1. The van der Waals surface area contributed by atoms with Crippen molar-refractivity contribution in [3.05, 3.63) is 18.3 Å². The molecule has 1 amide bonds. The summed E-state index contributed by atoms with van der Waals surface area (Å²) in [6.45, 7) is 0. The number of nitrogens with one attached hydrogen (secondary N) is 1. The first kappa shape index (κ1) is 13.0. The van der Waals surface area contributed by atoms with Gasteiger partial charge in [0.2, 0.25) is 5.91 Å². The molecule has 6 nitrogen and oxygen atoms in total. The lowest BCUT2D eigenvalue weighted by Gasteiger charge is -2.11. The largest absolute Gasteiger partial charge is 0.481 e. The standard InChI is InChI=1S/C11H15N3O3/c1-14(2)9-4-3-8(7-12-9)13-10(15)5-6-11(16)17/h3-4,7H,5-6H2,1-2H3,(H,13,15)(H,16,17). The normalized spacial score (nSPS) is 9.76. The van der Waals surface area contributed by atoms with Crippen LogP contribution in [-0.2, 0) is 9.59 Å². The number of hydrogen-bond donors (Lipinski definition) is 2. The van der Waals surface area contributed by atoms with Gasteiger partial charge in [0.15, 0.2) is 0 Å².